The highest BCUT2D eigenvalue weighted by molar-refractivity contribution is 9.10. The Morgan fingerprint density at radius 1 is 1.47 bits per heavy atom. The highest BCUT2D eigenvalue weighted by Gasteiger charge is 2.10. The summed E-state index contributed by atoms with van der Waals surface area (Å²) in [7, 11) is 1.91. The number of aromatic amines is 1. The van der Waals surface area contributed by atoms with E-state index in [9.17, 15) is 4.39 Å². The summed E-state index contributed by atoms with van der Waals surface area (Å²) in [6.45, 7) is 0.503. The smallest absolute Gasteiger partial charge is 0.178 e. The Morgan fingerprint density at radius 3 is 2.95 bits per heavy atom. The van der Waals surface area contributed by atoms with Gasteiger partial charge in [-0.2, -0.15) is 0 Å². The number of hydrogen-bond donors (Lipinski definition) is 1. The zero-order chi connectivity index (χ0) is 13.6. The SMILES string of the molecule is Cn1ccnc1Cn1c(=S)[nH]c2cc(Br)c(F)cc21. The Balaban J connectivity index is 2.18. The first-order valence-electron chi connectivity index (χ1n) is 5.60. The van der Waals surface area contributed by atoms with Crippen molar-refractivity contribution in [1.82, 2.24) is 19.1 Å². The zero-order valence-electron chi connectivity index (χ0n) is 10.0. The Morgan fingerprint density at radius 2 is 2.26 bits per heavy atom. The van der Waals surface area contributed by atoms with Crippen LogP contribution >= 0.6 is 28.1 Å². The second-order valence-corrected chi connectivity index (χ2v) is 5.50. The molecule has 0 fully saturated rings. The zero-order valence-corrected chi connectivity index (χ0v) is 12.4. The molecule has 0 amide bonds. The number of nitrogens with one attached hydrogen (secondary N) is 1. The highest BCUT2D eigenvalue weighted by atomic mass is 79.9. The van der Waals surface area contributed by atoms with Crippen molar-refractivity contribution < 1.29 is 4.39 Å². The van der Waals surface area contributed by atoms with Gasteiger partial charge in [-0.15, -0.1) is 0 Å². The first-order chi connectivity index (χ1) is 9.06. The van der Waals surface area contributed by atoms with E-state index in [2.05, 4.69) is 25.9 Å². The van der Waals surface area contributed by atoms with E-state index < -0.39 is 0 Å². The lowest BCUT2D eigenvalue weighted by atomic mass is 10.3. The van der Waals surface area contributed by atoms with Crippen LogP contribution in [0.15, 0.2) is 29.0 Å². The van der Waals surface area contributed by atoms with Crippen LogP contribution in [0.25, 0.3) is 11.0 Å². The lowest BCUT2D eigenvalue weighted by molar-refractivity contribution is 0.621. The molecule has 3 rings (SSSR count). The number of rotatable bonds is 2. The average molecular weight is 341 g/mol. The fraction of sp³-hybridized carbons (Fsp3) is 0.167. The van der Waals surface area contributed by atoms with E-state index in [0.717, 1.165) is 16.9 Å². The first-order valence-corrected chi connectivity index (χ1v) is 6.80. The maximum absolute atomic E-state index is 13.7. The van der Waals surface area contributed by atoms with Gasteiger partial charge < -0.3 is 14.1 Å². The number of aryl methyl sites for hydroxylation is 1. The Labute approximate surface area is 122 Å². The standard InChI is InChI=1S/C12H10BrFN4S/c1-17-3-2-15-11(17)6-18-10-5-8(14)7(13)4-9(10)16-12(18)19/h2-5H,6H2,1H3,(H,16,19). The van der Waals surface area contributed by atoms with Crippen molar-refractivity contribution in [2.24, 2.45) is 7.05 Å². The summed E-state index contributed by atoms with van der Waals surface area (Å²) in [5, 5.41) is 0. The Hall–Kier alpha value is -1.47. The van der Waals surface area contributed by atoms with Gasteiger partial charge in [-0.3, -0.25) is 0 Å². The van der Waals surface area contributed by atoms with Gasteiger partial charge >= 0.3 is 0 Å². The summed E-state index contributed by atoms with van der Waals surface area (Å²) < 4.78 is 18.4. The number of aromatic nitrogens is 4. The fourth-order valence-corrected chi connectivity index (χ4v) is 2.62. The molecule has 98 valence electrons. The maximum Gasteiger partial charge on any atom is 0.178 e. The van der Waals surface area contributed by atoms with E-state index in [1.54, 1.807) is 12.3 Å². The van der Waals surface area contributed by atoms with Crippen LogP contribution in [-0.4, -0.2) is 19.1 Å². The molecule has 1 N–H and O–H groups in total. The van der Waals surface area contributed by atoms with Crippen LogP contribution in [-0.2, 0) is 13.6 Å². The minimum Gasteiger partial charge on any atom is -0.337 e. The van der Waals surface area contributed by atoms with Gasteiger partial charge in [0.15, 0.2) is 4.77 Å². The molecule has 0 radical (unpaired) electrons. The summed E-state index contributed by atoms with van der Waals surface area (Å²) in [4.78, 5) is 7.33. The summed E-state index contributed by atoms with van der Waals surface area (Å²) in [5.74, 6) is 0.551. The van der Waals surface area contributed by atoms with Gasteiger partial charge in [-0.25, -0.2) is 9.37 Å². The van der Waals surface area contributed by atoms with Gasteiger partial charge in [0.25, 0.3) is 0 Å². The van der Waals surface area contributed by atoms with E-state index in [-0.39, 0.29) is 5.82 Å². The topological polar surface area (TPSA) is 38.5 Å². The third-order valence-corrected chi connectivity index (χ3v) is 3.97. The number of nitrogens with zero attached hydrogens (tertiary/aromatic N) is 3. The van der Waals surface area contributed by atoms with Crippen molar-refractivity contribution in [2.75, 3.05) is 0 Å². The predicted octanol–water partition coefficient (Wildman–Crippen LogP) is 3.38. The molecule has 0 atom stereocenters. The van der Waals surface area contributed by atoms with Crippen LogP contribution in [0.1, 0.15) is 5.82 Å². The summed E-state index contributed by atoms with van der Waals surface area (Å²) in [6.07, 6.45) is 3.59. The van der Waals surface area contributed by atoms with Gasteiger partial charge in [-0.05, 0) is 34.2 Å². The molecule has 7 heteroatoms. The molecule has 0 unspecified atom stereocenters. The van der Waals surface area contributed by atoms with E-state index in [4.69, 9.17) is 12.2 Å². The molecule has 4 nitrogen and oxygen atoms in total. The van der Waals surface area contributed by atoms with Gasteiger partial charge in [-0.1, -0.05) is 0 Å². The van der Waals surface area contributed by atoms with Crippen LogP contribution < -0.4 is 0 Å². The van der Waals surface area contributed by atoms with E-state index in [0.29, 0.717) is 15.8 Å². The van der Waals surface area contributed by atoms with Gasteiger partial charge in [0.05, 0.1) is 22.1 Å². The normalized spacial score (nSPS) is 11.3. The van der Waals surface area contributed by atoms with Gasteiger partial charge in [0.1, 0.15) is 11.6 Å². The molecule has 0 aliphatic carbocycles. The van der Waals surface area contributed by atoms with Gasteiger partial charge in [0, 0.05) is 25.5 Å². The van der Waals surface area contributed by atoms with E-state index in [1.807, 2.05) is 22.4 Å². The quantitative estimate of drug-likeness (QED) is 0.726. The summed E-state index contributed by atoms with van der Waals surface area (Å²) >= 11 is 8.46. The third kappa shape index (κ3) is 2.12. The van der Waals surface area contributed by atoms with Crippen LogP contribution in [0.5, 0.6) is 0 Å². The Bertz CT molecular complexity index is 817. The van der Waals surface area contributed by atoms with Gasteiger partial charge in [0.2, 0.25) is 0 Å². The molecule has 19 heavy (non-hydrogen) atoms. The monoisotopic (exact) mass is 340 g/mol. The van der Waals surface area contributed by atoms with Crippen LogP contribution in [0.3, 0.4) is 0 Å². The van der Waals surface area contributed by atoms with E-state index in [1.165, 1.54) is 6.07 Å². The highest BCUT2D eigenvalue weighted by Crippen LogP contribution is 2.23. The molecule has 0 saturated heterocycles. The number of hydrogen-bond acceptors (Lipinski definition) is 2. The lowest BCUT2D eigenvalue weighted by Gasteiger charge is -2.05. The van der Waals surface area contributed by atoms with Crippen molar-refractivity contribution in [1.29, 1.82) is 0 Å². The van der Waals surface area contributed by atoms with Crippen molar-refractivity contribution >= 4 is 39.2 Å². The molecule has 1 aromatic carbocycles. The average Bonchev–Trinajstić information content (AvgIpc) is 2.88. The number of benzene rings is 1. The molecular weight excluding hydrogens is 331 g/mol. The van der Waals surface area contributed by atoms with Crippen LogP contribution in [0.4, 0.5) is 4.39 Å². The van der Waals surface area contributed by atoms with Crippen molar-refractivity contribution in [2.45, 2.75) is 6.54 Å². The second kappa shape index (κ2) is 4.57. The number of H-pyrrole nitrogens is 1. The summed E-state index contributed by atoms with van der Waals surface area (Å²) in [5.41, 5.74) is 1.53. The molecule has 0 aliphatic heterocycles. The first kappa shape index (κ1) is 12.6. The molecule has 0 spiro atoms. The number of halogens is 2. The molecule has 2 heterocycles. The second-order valence-electron chi connectivity index (χ2n) is 4.25. The fourth-order valence-electron chi connectivity index (χ4n) is 2.00. The lowest BCUT2D eigenvalue weighted by Crippen LogP contribution is -2.05. The van der Waals surface area contributed by atoms with Crippen LogP contribution in [0, 0.1) is 10.6 Å². The molecule has 2 aromatic heterocycles. The molecule has 0 saturated carbocycles. The predicted molar refractivity (Wildman–Crippen MR) is 77.1 cm³/mol. The van der Waals surface area contributed by atoms with Crippen molar-refractivity contribution in [3.8, 4) is 0 Å². The minimum atomic E-state index is -0.310. The largest absolute Gasteiger partial charge is 0.337 e. The van der Waals surface area contributed by atoms with E-state index >= 15 is 0 Å². The number of fused-ring (bicyclic) bond motifs is 1. The van der Waals surface area contributed by atoms with Crippen molar-refractivity contribution in [3.63, 3.8) is 0 Å². The molecule has 3 aromatic rings. The maximum atomic E-state index is 13.7. The van der Waals surface area contributed by atoms with Crippen LogP contribution in [0.2, 0.25) is 0 Å². The molecule has 0 aliphatic rings. The van der Waals surface area contributed by atoms with Crippen molar-refractivity contribution in [3.05, 3.63) is 45.4 Å². The Kier molecular flexibility index (Phi) is 3.02. The molecule has 0 bridgehead atoms. The summed E-state index contributed by atoms with van der Waals surface area (Å²) in [6, 6.07) is 3.16. The number of imidazole rings is 2. The molecular formula is C12H10BrFN4S. The minimum absolute atomic E-state index is 0.310. The third-order valence-electron chi connectivity index (χ3n) is 3.04.